The first-order chi connectivity index (χ1) is 14.5. The number of aromatic nitrogens is 5. The Bertz CT molecular complexity index is 1430. The molecular weight excluding hydrogens is 404 g/mol. The fraction of sp³-hybridized carbons (Fsp3) is 0.0909. The van der Waals surface area contributed by atoms with Crippen molar-refractivity contribution >= 4 is 28.3 Å². The fourth-order valence-electron chi connectivity index (χ4n) is 3.50. The predicted molar refractivity (Wildman–Crippen MR) is 113 cm³/mol. The number of hydrogen-bond donors (Lipinski definition) is 0. The zero-order valence-corrected chi connectivity index (χ0v) is 16.9. The van der Waals surface area contributed by atoms with Crippen molar-refractivity contribution < 1.29 is 9.13 Å². The van der Waals surface area contributed by atoms with Crippen LogP contribution in [0.1, 0.15) is 5.69 Å². The molecule has 30 heavy (non-hydrogen) atoms. The number of fused-ring (bicyclic) bond motifs is 3. The summed E-state index contributed by atoms with van der Waals surface area (Å²) in [5, 5.41) is 9.22. The van der Waals surface area contributed by atoms with Gasteiger partial charge in [-0.15, -0.1) is 10.2 Å². The van der Waals surface area contributed by atoms with E-state index in [0.29, 0.717) is 38.9 Å². The molecule has 0 unspecified atom stereocenters. The van der Waals surface area contributed by atoms with E-state index in [4.69, 9.17) is 21.3 Å². The Morgan fingerprint density at radius 1 is 1.00 bits per heavy atom. The molecule has 6 nitrogen and oxygen atoms in total. The summed E-state index contributed by atoms with van der Waals surface area (Å²) < 4.78 is 20.9. The van der Waals surface area contributed by atoms with Gasteiger partial charge in [0.25, 0.3) is 0 Å². The largest absolute Gasteiger partial charge is 0.497 e. The molecule has 0 atom stereocenters. The average Bonchev–Trinajstić information content (AvgIpc) is 3.10. The normalized spacial score (nSPS) is 11.3. The SMILES string of the molecule is COc1ccc(Cl)c(-c2nc(C)c3nnc4ccc(-c5ccnc([18F])c5)cc4n23)c1. The van der Waals surface area contributed by atoms with Crippen LogP contribution in [0.2, 0.25) is 5.02 Å². The number of halogens is 2. The molecule has 0 bridgehead atoms. The topological polar surface area (TPSA) is 65.2 Å². The molecule has 0 amide bonds. The Kier molecular flexibility index (Phi) is 4.33. The van der Waals surface area contributed by atoms with Crippen LogP contribution in [-0.2, 0) is 0 Å². The van der Waals surface area contributed by atoms with E-state index in [0.717, 1.165) is 16.8 Å². The monoisotopic (exact) mass is 418 g/mol. The van der Waals surface area contributed by atoms with E-state index in [2.05, 4.69) is 15.2 Å². The van der Waals surface area contributed by atoms with E-state index >= 15 is 0 Å². The highest BCUT2D eigenvalue weighted by Crippen LogP contribution is 2.34. The lowest BCUT2D eigenvalue weighted by Crippen LogP contribution is -1.98. The molecule has 5 rings (SSSR count). The third-order valence-electron chi connectivity index (χ3n) is 4.96. The van der Waals surface area contributed by atoms with E-state index < -0.39 is 5.95 Å². The van der Waals surface area contributed by atoms with Crippen molar-refractivity contribution in [2.24, 2.45) is 0 Å². The predicted octanol–water partition coefficient (Wildman–Crippen LogP) is 5.12. The van der Waals surface area contributed by atoms with Crippen LogP contribution in [0, 0.1) is 12.9 Å². The summed E-state index contributed by atoms with van der Waals surface area (Å²) in [7, 11) is 1.60. The van der Waals surface area contributed by atoms with Crippen LogP contribution in [0.4, 0.5) is 4.39 Å². The highest BCUT2D eigenvalue weighted by Gasteiger charge is 2.18. The second-order valence-corrected chi connectivity index (χ2v) is 7.20. The molecule has 2 aromatic carbocycles. The maximum absolute atomic E-state index is 13.6. The molecule has 0 radical (unpaired) electrons. The molecule has 0 aliphatic rings. The van der Waals surface area contributed by atoms with Crippen LogP contribution >= 0.6 is 11.6 Å². The molecule has 148 valence electrons. The molecule has 0 saturated heterocycles. The molecule has 3 aromatic heterocycles. The Morgan fingerprint density at radius 3 is 2.63 bits per heavy atom. The van der Waals surface area contributed by atoms with Crippen LogP contribution in [0.3, 0.4) is 0 Å². The van der Waals surface area contributed by atoms with Crippen LogP contribution in [0.5, 0.6) is 5.75 Å². The summed E-state index contributed by atoms with van der Waals surface area (Å²) in [6.07, 6.45) is 1.44. The molecule has 0 saturated carbocycles. The van der Waals surface area contributed by atoms with Gasteiger partial charge in [-0.05, 0) is 54.4 Å². The first-order valence-electron chi connectivity index (χ1n) is 9.16. The van der Waals surface area contributed by atoms with Gasteiger partial charge in [0.1, 0.15) is 17.1 Å². The number of ether oxygens (including phenoxy) is 1. The summed E-state index contributed by atoms with van der Waals surface area (Å²) in [4.78, 5) is 8.34. The number of pyridine rings is 1. The lowest BCUT2D eigenvalue weighted by Gasteiger charge is -2.09. The van der Waals surface area contributed by atoms with E-state index in [-0.39, 0.29) is 0 Å². The van der Waals surface area contributed by atoms with Crippen molar-refractivity contribution in [3.05, 3.63) is 71.4 Å². The van der Waals surface area contributed by atoms with Crippen molar-refractivity contribution in [3.63, 3.8) is 0 Å². The first kappa shape index (κ1) is 18.4. The minimum Gasteiger partial charge on any atom is -0.497 e. The zero-order valence-electron chi connectivity index (χ0n) is 16.1. The summed E-state index contributed by atoms with van der Waals surface area (Å²) in [6.45, 7) is 1.87. The Hall–Kier alpha value is -3.58. The van der Waals surface area contributed by atoms with Gasteiger partial charge in [0.05, 0.1) is 23.3 Å². The molecule has 3 heterocycles. The fourth-order valence-corrected chi connectivity index (χ4v) is 3.70. The second kappa shape index (κ2) is 7.03. The van der Waals surface area contributed by atoms with Crippen molar-refractivity contribution in [2.75, 3.05) is 7.11 Å². The molecular formula is C22H15ClFN5O. The standard InChI is InChI=1S/C22H15ClFN5O/c1-12-21-28-27-18-6-3-13(14-7-8-25-20(24)10-14)9-19(18)29(21)22(26-12)16-11-15(30-2)4-5-17(16)23/h3-11H,1-2H3/i24-1. The lowest BCUT2D eigenvalue weighted by molar-refractivity contribution is 0.415. The number of imidazole rings is 1. The smallest absolute Gasteiger partial charge is 0.213 e. The number of aryl methyl sites for hydroxylation is 1. The van der Waals surface area contributed by atoms with Crippen molar-refractivity contribution in [1.29, 1.82) is 0 Å². The minimum atomic E-state index is -0.534. The first-order valence-corrected chi connectivity index (χ1v) is 9.54. The van der Waals surface area contributed by atoms with Crippen molar-refractivity contribution in [2.45, 2.75) is 6.92 Å². The van der Waals surface area contributed by atoms with Crippen LogP contribution < -0.4 is 4.74 Å². The van der Waals surface area contributed by atoms with Gasteiger partial charge in [-0.3, -0.25) is 4.40 Å². The van der Waals surface area contributed by atoms with Crippen molar-refractivity contribution in [1.82, 2.24) is 24.6 Å². The molecule has 5 aromatic rings. The maximum Gasteiger partial charge on any atom is 0.213 e. The quantitative estimate of drug-likeness (QED) is 0.381. The second-order valence-electron chi connectivity index (χ2n) is 6.80. The van der Waals surface area contributed by atoms with Crippen LogP contribution in [-0.4, -0.2) is 31.7 Å². The molecule has 0 fully saturated rings. The van der Waals surface area contributed by atoms with E-state index in [9.17, 15) is 4.39 Å². The Morgan fingerprint density at radius 2 is 1.83 bits per heavy atom. The van der Waals surface area contributed by atoms with Gasteiger partial charge < -0.3 is 4.74 Å². The van der Waals surface area contributed by atoms with E-state index in [1.54, 1.807) is 25.3 Å². The van der Waals surface area contributed by atoms with Gasteiger partial charge in [-0.1, -0.05) is 17.7 Å². The van der Waals surface area contributed by atoms with Gasteiger partial charge >= 0.3 is 0 Å². The lowest BCUT2D eigenvalue weighted by atomic mass is 10.1. The van der Waals surface area contributed by atoms with Gasteiger partial charge in [0, 0.05) is 17.8 Å². The maximum atomic E-state index is 13.6. The van der Waals surface area contributed by atoms with Gasteiger partial charge in [0.15, 0.2) is 5.65 Å². The third kappa shape index (κ3) is 2.95. The molecule has 8 heteroatoms. The summed E-state index contributed by atoms with van der Waals surface area (Å²) in [5.74, 6) is 0.764. The number of rotatable bonds is 3. The number of nitrogens with zero attached hydrogens (tertiary/aromatic N) is 5. The molecule has 0 spiro atoms. The summed E-state index contributed by atoms with van der Waals surface area (Å²) >= 11 is 6.50. The third-order valence-corrected chi connectivity index (χ3v) is 5.29. The number of hydrogen-bond acceptors (Lipinski definition) is 5. The van der Waals surface area contributed by atoms with Crippen LogP contribution in [0.15, 0.2) is 54.7 Å². The summed E-state index contributed by atoms with van der Waals surface area (Å²) in [5.41, 5.74) is 5.06. The minimum absolute atomic E-state index is 0.534. The molecule has 0 N–H and O–H groups in total. The Balaban J connectivity index is 1.84. The summed E-state index contributed by atoms with van der Waals surface area (Å²) in [6, 6.07) is 14.2. The molecule has 0 aliphatic carbocycles. The highest BCUT2D eigenvalue weighted by atomic mass is 35.5. The number of methoxy groups -OCH3 is 1. The van der Waals surface area contributed by atoms with Crippen molar-refractivity contribution in [3.8, 4) is 28.3 Å². The van der Waals surface area contributed by atoms with E-state index in [1.165, 1.54) is 12.3 Å². The molecule has 0 aliphatic heterocycles. The van der Waals surface area contributed by atoms with Gasteiger partial charge in [-0.2, -0.15) is 4.39 Å². The zero-order chi connectivity index (χ0) is 20.8. The average molecular weight is 419 g/mol. The van der Waals surface area contributed by atoms with Gasteiger partial charge in [-0.25, -0.2) is 9.97 Å². The Labute approximate surface area is 176 Å². The van der Waals surface area contributed by atoms with E-state index in [1.807, 2.05) is 35.6 Å². The van der Waals surface area contributed by atoms with Crippen LogP contribution in [0.25, 0.3) is 39.2 Å². The highest BCUT2D eigenvalue weighted by molar-refractivity contribution is 6.33. The van der Waals surface area contributed by atoms with Gasteiger partial charge in [0.2, 0.25) is 5.95 Å². The number of benzene rings is 2.